The predicted molar refractivity (Wildman–Crippen MR) is 296 cm³/mol. The summed E-state index contributed by atoms with van der Waals surface area (Å²) in [6, 6.07) is -10.2. The van der Waals surface area contributed by atoms with Crippen molar-refractivity contribution >= 4 is 65.0 Å². The monoisotopic (exact) mass is 1110 g/mol. The minimum absolute atomic E-state index is 0.135. The van der Waals surface area contributed by atoms with E-state index in [2.05, 4.69) is 16.0 Å². The van der Waals surface area contributed by atoms with E-state index in [4.69, 9.17) is 4.74 Å². The van der Waals surface area contributed by atoms with Gasteiger partial charge < -0.3 is 55.0 Å². The van der Waals surface area contributed by atoms with Gasteiger partial charge in [-0.1, -0.05) is 102 Å². The molecule has 0 bridgehead atoms. The van der Waals surface area contributed by atoms with Crippen LogP contribution in [-0.4, -0.2) is 214 Å². The molecule has 4 saturated heterocycles. The molecule has 0 aliphatic carbocycles. The molecular formula is C57H96N10O12. The Morgan fingerprint density at radius 3 is 1.75 bits per heavy atom. The third-order valence-electron chi connectivity index (χ3n) is 17.4. The van der Waals surface area contributed by atoms with Crippen molar-refractivity contribution in [3.8, 4) is 0 Å². The Hall–Kier alpha value is -5.83. The fourth-order valence-corrected chi connectivity index (χ4v) is 12.1. The number of likely N-dealkylation sites (tertiary alicyclic amines) is 1. The Kier molecular flexibility index (Phi) is 23.3. The number of likely N-dealkylation sites (N-methyl/N-ethyl adjacent to an activating group) is 4. The molecule has 15 atom stereocenters. The number of carbonyl (C=O) groups excluding carboxylic acids is 11. The summed E-state index contributed by atoms with van der Waals surface area (Å²) < 4.78 is 5.92. The molecule has 0 aromatic heterocycles. The van der Waals surface area contributed by atoms with Crippen molar-refractivity contribution in [1.29, 1.82) is 0 Å². The van der Waals surface area contributed by atoms with Crippen LogP contribution in [0, 0.1) is 41.4 Å². The van der Waals surface area contributed by atoms with E-state index in [1.54, 1.807) is 41.5 Å². The number of esters is 1. The molecule has 22 heteroatoms. The molecule has 3 N–H and O–H groups in total. The third kappa shape index (κ3) is 14.8. The van der Waals surface area contributed by atoms with E-state index in [-0.39, 0.29) is 56.1 Å². The molecule has 446 valence electrons. The molecule has 22 nitrogen and oxygen atoms in total. The largest absolute Gasteiger partial charge is 0.459 e. The molecule has 0 saturated carbocycles. The minimum Gasteiger partial charge on any atom is -0.459 e. The van der Waals surface area contributed by atoms with Gasteiger partial charge in [-0.15, -0.1) is 0 Å². The summed E-state index contributed by atoms with van der Waals surface area (Å²) in [6.07, 6.45) is 1.08. The van der Waals surface area contributed by atoms with Crippen molar-refractivity contribution in [2.75, 3.05) is 54.4 Å². The first-order chi connectivity index (χ1) is 36.9. The van der Waals surface area contributed by atoms with Crippen LogP contribution in [0.4, 0.5) is 0 Å². The number of nitrogens with zero attached hydrogens (tertiary/aromatic N) is 7. The summed E-state index contributed by atoms with van der Waals surface area (Å²) in [5.41, 5.74) is 0. The third-order valence-corrected chi connectivity index (χ3v) is 17.4. The van der Waals surface area contributed by atoms with Gasteiger partial charge in [0, 0.05) is 54.7 Å². The Morgan fingerprint density at radius 2 is 1.20 bits per heavy atom. The maximum absolute atomic E-state index is 15.2. The van der Waals surface area contributed by atoms with E-state index in [1.807, 2.05) is 41.5 Å². The zero-order valence-corrected chi connectivity index (χ0v) is 50.6. The van der Waals surface area contributed by atoms with E-state index < -0.39 is 150 Å². The van der Waals surface area contributed by atoms with Gasteiger partial charge in [0.15, 0.2) is 0 Å². The van der Waals surface area contributed by atoms with Crippen molar-refractivity contribution in [3.63, 3.8) is 0 Å². The van der Waals surface area contributed by atoms with Gasteiger partial charge in [0.2, 0.25) is 59.1 Å². The quantitative estimate of drug-likeness (QED) is 0.238. The SMILES string of the molecule is CCC(C)[C@@H]1NC(=O)[C@H]2C[C@@H](C)CN2C(=O)[C@H](C(C)CC)NC(=O)[C@@H](N(C)C(=O)[C@@H]2C[C@@H](C)CN2C(=O)[C@H](C(C)C)N(C)C(C)=O)[C@@H](C)OC(=O)CNC(=O)[C@@H](C(C)CC)N(C)C(=O)[C@@H]2CCCN2C(=O)[C@@H](C(C)C)N(C)C1=O. The van der Waals surface area contributed by atoms with Crippen molar-refractivity contribution in [1.82, 2.24) is 50.2 Å². The Labute approximate surface area is 469 Å². The van der Waals surface area contributed by atoms with Crippen molar-refractivity contribution in [3.05, 3.63) is 0 Å². The van der Waals surface area contributed by atoms with Gasteiger partial charge in [-0.3, -0.25) is 52.7 Å². The molecule has 4 fully saturated rings. The van der Waals surface area contributed by atoms with E-state index in [0.717, 1.165) is 4.90 Å². The fraction of sp³-hybridized carbons (Fsp3) is 0.807. The van der Waals surface area contributed by atoms with Gasteiger partial charge in [0.1, 0.15) is 67.0 Å². The molecule has 4 heterocycles. The second-order valence-corrected chi connectivity index (χ2v) is 24.2. The van der Waals surface area contributed by atoms with Crippen LogP contribution in [0.5, 0.6) is 0 Å². The van der Waals surface area contributed by atoms with Crippen molar-refractivity contribution in [2.24, 2.45) is 41.4 Å². The van der Waals surface area contributed by atoms with Crippen LogP contribution >= 0.6 is 0 Å². The number of cyclic esters (lactones) is 1. The number of hydrogen-bond acceptors (Lipinski definition) is 12. The maximum Gasteiger partial charge on any atom is 0.325 e. The minimum atomic E-state index is -1.63. The first-order valence-electron chi connectivity index (χ1n) is 28.9. The van der Waals surface area contributed by atoms with E-state index >= 15 is 14.4 Å². The Balaban J connectivity index is 1.88. The highest BCUT2D eigenvalue weighted by Gasteiger charge is 2.50. The van der Waals surface area contributed by atoms with Crippen LogP contribution in [0.3, 0.4) is 0 Å². The highest BCUT2D eigenvalue weighted by atomic mass is 16.5. The number of fused-ring (bicyclic) bond motifs is 2. The number of amides is 10. The van der Waals surface area contributed by atoms with Gasteiger partial charge >= 0.3 is 5.97 Å². The van der Waals surface area contributed by atoms with E-state index in [0.29, 0.717) is 32.1 Å². The predicted octanol–water partition coefficient (Wildman–Crippen LogP) is 2.26. The van der Waals surface area contributed by atoms with Crippen LogP contribution in [0.2, 0.25) is 0 Å². The number of rotatable bonds is 12. The number of nitrogens with one attached hydrogen (secondary N) is 3. The fourth-order valence-electron chi connectivity index (χ4n) is 12.1. The number of ether oxygens (including phenoxy) is 1. The topological polar surface area (TPSA) is 256 Å². The van der Waals surface area contributed by atoms with Crippen LogP contribution in [0.25, 0.3) is 0 Å². The summed E-state index contributed by atoms with van der Waals surface area (Å²) in [4.78, 5) is 169. The summed E-state index contributed by atoms with van der Waals surface area (Å²) >= 11 is 0. The molecule has 4 rings (SSSR count). The molecule has 4 aliphatic heterocycles. The van der Waals surface area contributed by atoms with Crippen LogP contribution in [-0.2, 0) is 57.5 Å². The Morgan fingerprint density at radius 1 is 0.658 bits per heavy atom. The zero-order valence-electron chi connectivity index (χ0n) is 50.6. The molecule has 0 aromatic rings. The van der Waals surface area contributed by atoms with Crippen LogP contribution in [0.1, 0.15) is 142 Å². The highest BCUT2D eigenvalue weighted by Crippen LogP contribution is 2.31. The molecule has 0 aromatic carbocycles. The lowest BCUT2D eigenvalue weighted by atomic mass is 9.94. The molecule has 79 heavy (non-hydrogen) atoms. The number of hydrogen-bond donors (Lipinski definition) is 3. The molecule has 4 aliphatic rings. The van der Waals surface area contributed by atoms with Crippen molar-refractivity contribution < 1.29 is 57.5 Å². The second kappa shape index (κ2) is 28.0. The smallest absolute Gasteiger partial charge is 0.325 e. The lowest BCUT2D eigenvalue weighted by Gasteiger charge is -2.39. The van der Waals surface area contributed by atoms with Crippen molar-refractivity contribution in [2.45, 2.75) is 202 Å². The normalized spacial score (nSPS) is 30.2. The van der Waals surface area contributed by atoms with Crippen LogP contribution < -0.4 is 16.0 Å². The summed E-state index contributed by atoms with van der Waals surface area (Å²) in [6.45, 7) is 24.5. The Bertz CT molecular complexity index is 2260. The molecule has 3 unspecified atom stereocenters. The summed E-state index contributed by atoms with van der Waals surface area (Å²) in [5, 5.41) is 8.49. The second-order valence-electron chi connectivity index (χ2n) is 24.2. The van der Waals surface area contributed by atoms with E-state index in [1.165, 1.54) is 71.4 Å². The highest BCUT2D eigenvalue weighted by molar-refractivity contribution is 5.99. The van der Waals surface area contributed by atoms with Gasteiger partial charge in [0.05, 0.1) is 0 Å². The average molecular weight is 1110 g/mol. The first kappa shape index (κ1) is 65.7. The lowest BCUT2D eigenvalue weighted by Crippen LogP contribution is -2.63. The average Bonchev–Trinajstić information content (AvgIpc) is 4.21. The summed E-state index contributed by atoms with van der Waals surface area (Å²) in [7, 11) is 5.87. The van der Waals surface area contributed by atoms with E-state index in [9.17, 15) is 38.4 Å². The molecule has 0 radical (unpaired) electrons. The lowest BCUT2D eigenvalue weighted by molar-refractivity contribution is -0.160. The van der Waals surface area contributed by atoms with Gasteiger partial charge in [-0.05, 0) is 74.0 Å². The van der Waals surface area contributed by atoms with Gasteiger partial charge in [0.25, 0.3) is 0 Å². The van der Waals surface area contributed by atoms with Gasteiger partial charge in [-0.2, -0.15) is 0 Å². The maximum atomic E-state index is 15.2. The molecule has 0 spiro atoms. The molecule has 10 amide bonds. The summed E-state index contributed by atoms with van der Waals surface area (Å²) in [5.74, 6) is -9.18. The molecular weight excluding hydrogens is 1020 g/mol. The first-order valence-corrected chi connectivity index (χ1v) is 28.9. The van der Waals surface area contributed by atoms with Crippen LogP contribution in [0.15, 0.2) is 0 Å². The standard InChI is InChI=1S/C57H96N10O12/c1-19-34(10)43-54(75)62(16)46(31(6)7)56(77)65-24-22-23-39(65)52(73)63(17)47(36(12)21-3)50(71)58-27-42(69)79-37(13)48(51(72)60-44(35(11)20-2)55(76)66-28-32(8)25-40(66)49(70)59-43)64(18)53(74)41-26-33(9)29-67(41)57(78)45(30(4)5)61(15)38(14)68/h30-37,39-41,43-48H,19-29H2,1-18H3,(H,58,71)(H,59,70)(H,60,72)/t32-,33-,34?,35?,36?,37-,39+,40-,41+,43+,44+,45+,46-,47-,48+/m1/s1. The van der Waals surface area contributed by atoms with Gasteiger partial charge in [-0.25, -0.2) is 0 Å². The number of carbonyl (C=O) groups is 11. The zero-order chi connectivity index (χ0) is 59.8.